The van der Waals surface area contributed by atoms with E-state index in [9.17, 15) is 0 Å². The van der Waals surface area contributed by atoms with Gasteiger partial charge in [-0.3, -0.25) is 9.67 Å². The molecule has 2 N–H and O–H groups in total. The van der Waals surface area contributed by atoms with Gasteiger partial charge in [-0.25, -0.2) is 0 Å². The Hall–Kier alpha value is -1.68. The van der Waals surface area contributed by atoms with E-state index >= 15 is 0 Å². The summed E-state index contributed by atoms with van der Waals surface area (Å²) in [7, 11) is 0. The monoisotopic (exact) mass is 244 g/mol. The Bertz CT molecular complexity index is 504. The van der Waals surface area contributed by atoms with Gasteiger partial charge in [0.25, 0.3) is 0 Å². The molecule has 96 valence electrons. The van der Waals surface area contributed by atoms with Gasteiger partial charge in [0, 0.05) is 24.1 Å². The fraction of sp³-hybridized carbons (Fsp3) is 0.429. The average Bonchev–Trinajstić information content (AvgIpc) is 2.70. The number of hydrogen-bond acceptors (Lipinski definition) is 3. The third-order valence-corrected chi connectivity index (χ3v) is 3.23. The van der Waals surface area contributed by atoms with Gasteiger partial charge in [0.15, 0.2) is 0 Å². The number of nitrogens with two attached hydrogens (primary N) is 1. The molecule has 0 saturated carbocycles. The lowest BCUT2D eigenvalue weighted by molar-refractivity contribution is 0.415. The van der Waals surface area contributed by atoms with Gasteiger partial charge in [-0.2, -0.15) is 5.10 Å². The Morgan fingerprint density at radius 2 is 1.94 bits per heavy atom. The Balaban J connectivity index is 2.47. The highest BCUT2D eigenvalue weighted by molar-refractivity contribution is 5.21. The van der Waals surface area contributed by atoms with Crippen LogP contribution in [0.25, 0.3) is 0 Å². The average molecular weight is 244 g/mol. The molecule has 0 radical (unpaired) electrons. The molecule has 0 aliphatic heterocycles. The third kappa shape index (κ3) is 2.43. The zero-order chi connectivity index (χ0) is 13.1. The van der Waals surface area contributed by atoms with Gasteiger partial charge in [0.2, 0.25) is 0 Å². The maximum atomic E-state index is 6.28. The number of pyridine rings is 1. The number of rotatable bonds is 4. The molecule has 0 aliphatic carbocycles. The van der Waals surface area contributed by atoms with Gasteiger partial charge < -0.3 is 5.73 Å². The zero-order valence-electron chi connectivity index (χ0n) is 11.2. The molecule has 0 saturated heterocycles. The van der Waals surface area contributed by atoms with E-state index in [1.54, 1.807) is 12.4 Å². The number of aryl methyl sites for hydroxylation is 2. The summed E-state index contributed by atoms with van der Waals surface area (Å²) in [5.41, 5.74) is 9.60. The molecule has 2 aromatic rings. The van der Waals surface area contributed by atoms with Gasteiger partial charge >= 0.3 is 0 Å². The number of hydrogen-bond donors (Lipinski definition) is 1. The van der Waals surface area contributed by atoms with Crippen LogP contribution in [0.4, 0.5) is 0 Å². The van der Waals surface area contributed by atoms with Gasteiger partial charge in [-0.05, 0) is 44.0 Å². The maximum Gasteiger partial charge on any atom is 0.0923 e. The molecule has 2 rings (SSSR count). The van der Waals surface area contributed by atoms with Crippen molar-refractivity contribution in [3.8, 4) is 0 Å². The molecule has 2 atom stereocenters. The summed E-state index contributed by atoms with van der Waals surface area (Å²) in [5, 5.41) is 4.57. The van der Waals surface area contributed by atoms with Crippen LogP contribution in [-0.4, -0.2) is 20.8 Å². The summed E-state index contributed by atoms with van der Waals surface area (Å²) in [6, 6.07) is 6.22. The first-order valence-corrected chi connectivity index (χ1v) is 6.31. The predicted octanol–water partition coefficient (Wildman–Crippen LogP) is 2.22. The summed E-state index contributed by atoms with van der Waals surface area (Å²) in [4.78, 5) is 4.06. The minimum Gasteiger partial charge on any atom is -0.326 e. The normalized spacial score (nSPS) is 14.4. The Kier molecular flexibility index (Phi) is 3.77. The number of aromatic nitrogens is 3. The van der Waals surface area contributed by atoms with Gasteiger partial charge in [-0.15, -0.1) is 0 Å². The van der Waals surface area contributed by atoms with Crippen LogP contribution in [-0.2, 0) is 0 Å². The molecule has 0 aromatic carbocycles. The molecule has 2 unspecified atom stereocenters. The first-order chi connectivity index (χ1) is 8.63. The van der Waals surface area contributed by atoms with E-state index in [0.717, 1.165) is 23.4 Å². The summed E-state index contributed by atoms with van der Waals surface area (Å²) in [6.07, 6.45) is 4.51. The summed E-state index contributed by atoms with van der Waals surface area (Å²) >= 11 is 0. The van der Waals surface area contributed by atoms with Crippen molar-refractivity contribution in [3.63, 3.8) is 0 Å². The highest BCUT2D eigenvalue weighted by atomic mass is 15.3. The van der Waals surface area contributed by atoms with Crippen molar-refractivity contribution in [1.82, 2.24) is 14.8 Å². The fourth-order valence-corrected chi connectivity index (χ4v) is 2.28. The predicted molar refractivity (Wildman–Crippen MR) is 72.3 cm³/mol. The van der Waals surface area contributed by atoms with E-state index in [0.29, 0.717) is 0 Å². The Morgan fingerprint density at radius 1 is 1.28 bits per heavy atom. The first-order valence-electron chi connectivity index (χ1n) is 6.31. The minimum atomic E-state index is 0.0467. The van der Waals surface area contributed by atoms with Crippen molar-refractivity contribution in [1.29, 1.82) is 0 Å². The van der Waals surface area contributed by atoms with Crippen molar-refractivity contribution in [2.24, 2.45) is 5.73 Å². The van der Waals surface area contributed by atoms with Crippen molar-refractivity contribution in [2.45, 2.75) is 39.3 Å². The second-order valence-electron chi connectivity index (χ2n) is 4.67. The largest absolute Gasteiger partial charge is 0.326 e. The van der Waals surface area contributed by atoms with Crippen LogP contribution in [0.3, 0.4) is 0 Å². The van der Waals surface area contributed by atoms with E-state index in [1.165, 1.54) is 0 Å². The van der Waals surface area contributed by atoms with Crippen LogP contribution in [0.2, 0.25) is 0 Å². The number of nitrogens with zero attached hydrogens (tertiary/aromatic N) is 3. The molecule has 4 nitrogen and oxygen atoms in total. The molecular formula is C14H20N4. The highest BCUT2D eigenvalue weighted by Crippen LogP contribution is 2.23. The van der Waals surface area contributed by atoms with E-state index in [4.69, 9.17) is 5.73 Å². The second kappa shape index (κ2) is 5.31. The molecule has 0 spiro atoms. The Labute approximate surface area is 108 Å². The van der Waals surface area contributed by atoms with Crippen LogP contribution >= 0.6 is 0 Å². The maximum absolute atomic E-state index is 6.28. The lowest BCUT2D eigenvalue weighted by Crippen LogP contribution is -2.33. The van der Waals surface area contributed by atoms with Gasteiger partial charge in [0.05, 0.1) is 11.7 Å². The molecule has 0 aliphatic rings. The van der Waals surface area contributed by atoms with Crippen LogP contribution < -0.4 is 5.73 Å². The molecule has 18 heavy (non-hydrogen) atoms. The van der Waals surface area contributed by atoms with Crippen LogP contribution in [0.5, 0.6) is 0 Å². The molecule has 4 heteroatoms. The molecule has 0 bridgehead atoms. The van der Waals surface area contributed by atoms with Gasteiger partial charge in [-0.1, -0.05) is 6.92 Å². The Morgan fingerprint density at radius 3 is 2.44 bits per heavy atom. The van der Waals surface area contributed by atoms with Crippen molar-refractivity contribution in [2.75, 3.05) is 0 Å². The SMILES string of the molecule is CCC(N)C(c1ccncc1)n1nc(C)cc1C. The smallest absolute Gasteiger partial charge is 0.0923 e. The lowest BCUT2D eigenvalue weighted by atomic mass is 9.99. The molecular weight excluding hydrogens is 224 g/mol. The molecule has 0 amide bonds. The summed E-state index contributed by atoms with van der Waals surface area (Å²) in [5.74, 6) is 0. The minimum absolute atomic E-state index is 0.0467. The quantitative estimate of drug-likeness (QED) is 0.897. The van der Waals surface area contributed by atoms with E-state index < -0.39 is 0 Å². The second-order valence-corrected chi connectivity index (χ2v) is 4.67. The topological polar surface area (TPSA) is 56.7 Å². The van der Waals surface area contributed by atoms with E-state index in [-0.39, 0.29) is 12.1 Å². The summed E-state index contributed by atoms with van der Waals surface area (Å²) < 4.78 is 2.03. The standard InChI is InChI=1S/C14H20N4/c1-4-13(15)14(12-5-7-16-8-6-12)18-11(3)9-10(2)17-18/h5-9,13-14H,4,15H2,1-3H3. The van der Waals surface area contributed by atoms with Crippen LogP contribution in [0, 0.1) is 13.8 Å². The first kappa shape index (κ1) is 12.8. The molecule has 2 aromatic heterocycles. The molecule has 0 fully saturated rings. The van der Waals surface area contributed by atoms with Crippen molar-refractivity contribution < 1.29 is 0 Å². The van der Waals surface area contributed by atoms with Crippen LogP contribution in [0.15, 0.2) is 30.6 Å². The van der Waals surface area contributed by atoms with Crippen molar-refractivity contribution in [3.05, 3.63) is 47.5 Å². The van der Waals surface area contributed by atoms with Crippen LogP contribution in [0.1, 0.15) is 36.3 Å². The molecule has 2 heterocycles. The third-order valence-electron chi connectivity index (χ3n) is 3.23. The van der Waals surface area contributed by atoms with Crippen molar-refractivity contribution >= 4 is 0 Å². The van der Waals surface area contributed by atoms with E-state index in [1.807, 2.05) is 23.7 Å². The fourth-order valence-electron chi connectivity index (χ4n) is 2.28. The van der Waals surface area contributed by atoms with Gasteiger partial charge in [0.1, 0.15) is 0 Å². The highest BCUT2D eigenvalue weighted by Gasteiger charge is 2.22. The van der Waals surface area contributed by atoms with E-state index in [2.05, 4.69) is 30.0 Å². The lowest BCUT2D eigenvalue weighted by Gasteiger charge is -2.25. The summed E-state index contributed by atoms with van der Waals surface area (Å²) in [6.45, 7) is 6.17. The zero-order valence-corrected chi connectivity index (χ0v) is 11.2.